The summed E-state index contributed by atoms with van der Waals surface area (Å²) in [6, 6.07) is 17.8. The molecule has 3 aromatic carbocycles. The summed E-state index contributed by atoms with van der Waals surface area (Å²) in [6.07, 6.45) is 0.742. The first-order chi connectivity index (χ1) is 20.3. The van der Waals surface area contributed by atoms with E-state index in [4.69, 9.17) is 15.2 Å². The van der Waals surface area contributed by atoms with Gasteiger partial charge in [-0.05, 0) is 76.0 Å². The number of esters is 1. The van der Waals surface area contributed by atoms with Gasteiger partial charge in [0, 0.05) is 46.8 Å². The lowest BCUT2D eigenvalue weighted by Crippen LogP contribution is -2.27. The fraction of sp³-hybridized carbons (Fsp3) is 0.242. The van der Waals surface area contributed by atoms with Crippen LogP contribution in [0.3, 0.4) is 0 Å². The van der Waals surface area contributed by atoms with Crippen LogP contribution in [0.1, 0.15) is 56.0 Å². The molecule has 0 saturated heterocycles. The van der Waals surface area contributed by atoms with E-state index in [2.05, 4.69) is 16.7 Å². The predicted octanol–water partition coefficient (Wildman–Crippen LogP) is 5.90. The Morgan fingerprint density at radius 3 is 2.45 bits per heavy atom. The Bertz CT molecular complexity index is 1640. The van der Waals surface area contributed by atoms with E-state index < -0.39 is 5.97 Å². The lowest BCUT2D eigenvalue weighted by Gasteiger charge is -2.18. The molecular formula is C33H33N3O5S. The minimum atomic E-state index is -0.622. The van der Waals surface area contributed by atoms with Crippen molar-refractivity contribution in [2.45, 2.75) is 26.8 Å². The summed E-state index contributed by atoms with van der Waals surface area (Å²) in [5.41, 5.74) is 11.0. The average Bonchev–Trinajstić information content (AvgIpc) is 3.40. The second-order valence-corrected chi connectivity index (χ2v) is 11.4. The Morgan fingerprint density at radius 1 is 0.952 bits per heavy atom. The fourth-order valence-corrected chi connectivity index (χ4v) is 5.82. The number of carbonyl (C=O) groups is 3. The van der Waals surface area contributed by atoms with E-state index in [1.165, 1.54) is 13.2 Å². The molecule has 9 heteroatoms. The molecule has 0 spiro atoms. The smallest absolute Gasteiger partial charge is 0.338 e. The molecule has 0 radical (unpaired) electrons. The van der Waals surface area contributed by atoms with Gasteiger partial charge in [-0.3, -0.25) is 9.59 Å². The maximum Gasteiger partial charge on any atom is 0.338 e. The predicted molar refractivity (Wildman–Crippen MR) is 165 cm³/mol. The van der Waals surface area contributed by atoms with Gasteiger partial charge in [-0.15, -0.1) is 11.3 Å². The third-order valence-corrected chi connectivity index (χ3v) is 8.07. The highest BCUT2D eigenvalue weighted by atomic mass is 32.1. The zero-order valence-electron chi connectivity index (χ0n) is 23.8. The highest BCUT2D eigenvalue weighted by Gasteiger charge is 2.26. The van der Waals surface area contributed by atoms with Crippen molar-refractivity contribution in [1.29, 1.82) is 0 Å². The zero-order valence-corrected chi connectivity index (χ0v) is 24.6. The van der Waals surface area contributed by atoms with Gasteiger partial charge in [0.15, 0.2) is 0 Å². The molecule has 1 aromatic heterocycles. The number of amides is 2. The van der Waals surface area contributed by atoms with Crippen molar-refractivity contribution in [3.05, 3.63) is 93.9 Å². The fourth-order valence-electron chi connectivity index (χ4n) is 4.85. The Labute approximate surface area is 248 Å². The van der Waals surface area contributed by atoms with Crippen molar-refractivity contribution in [2.24, 2.45) is 11.7 Å². The molecule has 5 rings (SSSR count). The Kier molecular flexibility index (Phi) is 8.70. The first-order valence-electron chi connectivity index (χ1n) is 13.8. The van der Waals surface area contributed by atoms with Gasteiger partial charge in [0.2, 0.25) is 0 Å². The van der Waals surface area contributed by atoms with Crippen molar-refractivity contribution < 1.29 is 23.9 Å². The summed E-state index contributed by atoms with van der Waals surface area (Å²) in [6.45, 7) is 5.38. The summed E-state index contributed by atoms with van der Waals surface area (Å²) in [5.74, 6) is -0.391. The number of fused-ring (bicyclic) bond motifs is 3. The molecule has 1 aliphatic rings. The largest absolute Gasteiger partial charge is 0.493 e. The van der Waals surface area contributed by atoms with E-state index in [9.17, 15) is 14.4 Å². The number of methoxy groups -OCH3 is 1. The minimum absolute atomic E-state index is 0.168. The van der Waals surface area contributed by atoms with E-state index in [0.29, 0.717) is 53.4 Å². The zero-order chi connectivity index (χ0) is 29.8. The van der Waals surface area contributed by atoms with Crippen molar-refractivity contribution in [3.63, 3.8) is 0 Å². The standard InChI is InChI=1S/C33H33N3O5S/c1-19(2)18-35-31(37)22-6-9-24(27(14-22)33(39)40-3)25-16-29-28(30-21(10-12-41-29)11-13-42-30)15-26(25)32(38)36-23-7-4-20(17-34)5-8-23/h4-9,11,13-16,19H,10,12,17-18,34H2,1-3H3,(H,35,37)(H,36,38). The lowest BCUT2D eigenvalue weighted by atomic mass is 9.91. The Balaban J connectivity index is 1.65. The monoisotopic (exact) mass is 583 g/mol. The van der Waals surface area contributed by atoms with Gasteiger partial charge in [0.25, 0.3) is 11.8 Å². The number of nitrogens with one attached hydrogen (secondary N) is 2. The molecule has 42 heavy (non-hydrogen) atoms. The first kappa shape index (κ1) is 29.0. The molecule has 8 nitrogen and oxygen atoms in total. The van der Waals surface area contributed by atoms with E-state index in [1.807, 2.05) is 37.4 Å². The third kappa shape index (κ3) is 6.07. The summed E-state index contributed by atoms with van der Waals surface area (Å²) >= 11 is 1.59. The van der Waals surface area contributed by atoms with Crippen LogP contribution in [-0.2, 0) is 17.7 Å². The minimum Gasteiger partial charge on any atom is -0.493 e. The van der Waals surface area contributed by atoms with Gasteiger partial charge in [-0.1, -0.05) is 32.0 Å². The van der Waals surface area contributed by atoms with Crippen LogP contribution >= 0.6 is 11.3 Å². The molecule has 0 bridgehead atoms. The molecule has 0 aliphatic carbocycles. The number of rotatable bonds is 8. The maximum absolute atomic E-state index is 13.9. The molecule has 0 atom stereocenters. The number of hydrogen-bond acceptors (Lipinski definition) is 7. The SMILES string of the molecule is COC(=O)c1cc(C(=O)NCC(C)C)ccc1-c1cc2c(cc1C(=O)Nc1ccc(CN)cc1)-c1sccc1CCO2. The number of thiophene rings is 1. The second-order valence-electron chi connectivity index (χ2n) is 10.5. The van der Waals surface area contributed by atoms with Gasteiger partial charge in [0.05, 0.1) is 19.3 Å². The summed E-state index contributed by atoms with van der Waals surface area (Å²) in [5, 5.41) is 7.89. The van der Waals surface area contributed by atoms with Gasteiger partial charge >= 0.3 is 5.97 Å². The summed E-state index contributed by atoms with van der Waals surface area (Å²) in [7, 11) is 1.29. The quantitative estimate of drug-likeness (QED) is 0.222. The Morgan fingerprint density at radius 2 is 1.74 bits per heavy atom. The number of benzene rings is 3. The molecule has 2 amide bonds. The van der Waals surface area contributed by atoms with Crippen molar-refractivity contribution in [3.8, 4) is 27.3 Å². The third-order valence-electron chi connectivity index (χ3n) is 7.08. The summed E-state index contributed by atoms with van der Waals surface area (Å²) < 4.78 is 11.3. The number of nitrogens with two attached hydrogens (primary N) is 1. The number of ether oxygens (including phenoxy) is 2. The highest BCUT2D eigenvalue weighted by molar-refractivity contribution is 7.13. The van der Waals surface area contributed by atoms with Crippen molar-refractivity contribution in [1.82, 2.24) is 5.32 Å². The maximum atomic E-state index is 13.9. The molecule has 2 heterocycles. The van der Waals surface area contributed by atoms with Crippen LogP contribution in [-0.4, -0.2) is 38.0 Å². The first-order valence-corrected chi connectivity index (χ1v) is 14.7. The van der Waals surface area contributed by atoms with Gasteiger partial charge in [-0.25, -0.2) is 4.79 Å². The van der Waals surface area contributed by atoms with Crippen LogP contribution in [0.4, 0.5) is 5.69 Å². The van der Waals surface area contributed by atoms with Gasteiger partial charge in [-0.2, -0.15) is 0 Å². The van der Waals surface area contributed by atoms with Crippen LogP contribution < -0.4 is 21.1 Å². The van der Waals surface area contributed by atoms with Crippen molar-refractivity contribution in [2.75, 3.05) is 25.6 Å². The van der Waals surface area contributed by atoms with E-state index >= 15 is 0 Å². The molecule has 4 N–H and O–H groups in total. The Hall–Kier alpha value is -4.47. The molecule has 0 unspecified atom stereocenters. The number of anilines is 1. The molecule has 216 valence electrons. The number of carbonyl (C=O) groups excluding carboxylic acids is 3. The number of hydrogen-bond donors (Lipinski definition) is 3. The molecule has 0 saturated carbocycles. The molecular weight excluding hydrogens is 550 g/mol. The lowest BCUT2D eigenvalue weighted by molar-refractivity contribution is 0.0601. The van der Waals surface area contributed by atoms with E-state index in [0.717, 1.165) is 28.0 Å². The van der Waals surface area contributed by atoms with Crippen molar-refractivity contribution >= 4 is 34.8 Å². The topological polar surface area (TPSA) is 120 Å². The van der Waals surface area contributed by atoms with Crippen LogP contribution in [0.5, 0.6) is 5.75 Å². The second kappa shape index (κ2) is 12.6. The van der Waals surface area contributed by atoms with Gasteiger partial charge < -0.3 is 25.8 Å². The van der Waals surface area contributed by atoms with Gasteiger partial charge in [0.1, 0.15) is 5.75 Å². The van der Waals surface area contributed by atoms with Crippen LogP contribution in [0.15, 0.2) is 66.0 Å². The highest BCUT2D eigenvalue weighted by Crippen LogP contribution is 2.43. The molecule has 1 aliphatic heterocycles. The molecule has 0 fully saturated rings. The molecule has 4 aromatic rings. The van der Waals surface area contributed by atoms with Crippen LogP contribution in [0.25, 0.3) is 21.6 Å². The summed E-state index contributed by atoms with van der Waals surface area (Å²) in [4.78, 5) is 40.9. The van der Waals surface area contributed by atoms with E-state index in [1.54, 1.807) is 41.7 Å². The van der Waals surface area contributed by atoms with Crippen LogP contribution in [0.2, 0.25) is 0 Å². The normalized spacial score (nSPS) is 12.0. The van der Waals surface area contributed by atoms with E-state index in [-0.39, 0.29) is 23.3 Å². The van der Waals surface area contributed by atoms with Crippen LogP contribution in [0, 0.1) is 5.92 Å². The average molecular weight is 584 g/mol.